The molecule has 0 N–H and O–H groups in total. The summed E-state index contributed by atoms with van der Waals surface area (Å²) in [4.78, 5) is 14.8. The summed E-state index contributed by atoms with van der Waals surface area (Å²) in [5.41, 5.74) is 5.30. The smallest absolute Gasteiger partial charge is 0.164 e. The van der Waals surface area contributed by atoms with Crippen molar-refractivity contribution in [2.24, 2.45) is 0 Å². The van der Waals surface area contributed by atoms with Crippen LogP contribution in [0, 0.1) is 0 Å². The number of fused-ring (bicyclic) bond motifs is 2. The molecule has 0 amide bonds. The molecule has 7 aromatic rings. The van der Waals surface area contributed by atoms with Crippen molar-refractivity contribution in [2.75, 3.05) is 0 Å². The lowest BCUT2D eigenvalue weighted by molar-refractivity contribution is 1.08. The number of nitrogens with zero attached hydrogens (tertiary/aromatic N) is 3. The molecule has 0 saturated heterocycles. The van der Waals surface area contributed by atoms with E-state index in [1.807, 2.05) is 60.7 Å². The largest absolute Gasteiger partial charge is 0.208 e. The van der Waals surface area contributed by atoms with Crippen LogP contribution in [-0.4, -0.2) is 15.0 Å². The summed E-state index contributed by atoms with van der Waals surface area (Å²) in [6.45, 7) is 0. The molecule has 0 bridgehead atoms. The van der Waals surface area contributed by atoms with E-state index >= 15 is 0 Å². The van der Waals surface area contributed by atoms with Crippen LogP contribution in [0.5, 0.6) is 0 Å². The third-order valence-corrected chi connectivity index (χ3v) is 6.92. The minimum absolute atomic E-state index is 0.664. The lowest BCUT2D eigenvalue weighted by Gasteiger charge is -2.13. The first kappa shape index (κ1) is 22.1. The Kier molecular flexibility index (Phi) is 5.45. The highest BCUT2D eigenvalue weighted by atomic mass is 15.0. The van der Waals surface area contributed by atoms with Crippen LogP contribution in [0.3, 0.4) is 0 Å². The second-order valence-corrected chi connectivity index (χ2v) is 9.31. The minimum Gasteiger partial charge on any atom is -0.208 e. The lowest BCUT2D eigenvalue weighted by atomic mass is 9.94. The van der Waals surface area contributed by atoms with Gasteiger partial charge in [0.25, 0.3) is 0 Å². The molecule has 1 aromatic heterocycles. The van der Waals surface area contributed by atoms with Crippen LogP contribution in [0.15, 0.2) is 140 Å². The van der Waals surface area contributed by atoms with Gasteiger partial charge in [-0.1, -0.05) is 133 Å². The zero-order chi connectivity index (χ0) is 25.3. The number of hydrogen-bond donors (Lipinski definition) is 0. The molecule has 0 aliphatic rings. The molecule has 7 rings (SSSR count). The molecule has 38 heavy (non-hydrogen) atoms. The number of benzene rings is 6. The zero-order valence-corrected chi connectivity index (χ0v) is 20.6. The van der Waals surface area contributed by atoms with E-state index in [-0.39, 0.29) is 0 Å². The van der Waals surface area contributed by atoms with Crippen LogP contribution in [0.25, 0.3) is 66.8 Å². The van der Waals surface area contributed by atoms with E-state index in [0.717, 1.165) is 22.1 Å². The van der Waals surface area contributed by atoms with Crippen molar-refractivity contribution in [3.63, 3.8) is 0 Å². The third kappa shape index (κ3) is 4.00. The Hall–Kier alpha value is -5.15. The normalized spacial score (nSPS) is 11.2. The maximum absolute atomic E-state index is 4.97. The predicted molar refractivity (Wildman–Crippen MR) is 157 cm³/mol. The van der Waals surface area contributed by atoms with Gasteiger partial charge in [-0.25, -0.2) is 15.0 Å². The SMILES string of the molecule is c1ccc(-c2nc(-c3ccccc3)nc(-c3cccc4c(-c5ccc6ccccc6c5)cccc34)n2)cc1. The number of aromatic nitrogens is 3. The summed E-state index contributed by atoms with van der Waals surface area (Å²) in [6, 6.07) is 48.2. The fourth-order valence-corrected chi connectivity index (χ4v) is 5.04. The lowest BCUT2D eigenvalue weighted by Crippen LogP contribution is -2.00. The molecule has 3 nitrogen and oxygen atoms in total. The van der Waals surface area contributed by atoms with Crippen LogP contribution in [-0.2, 0) is 0 Å². The van der Waals surface area contributed by atoms with Gasteiger partial charge in [-0.3, -0.25) is 0 Å². The van der Waals surface area contributed by atoms with E-state index in [9.17, 15) is 0 Å². The van der Waals surface area contributed by atoms with Gasteiger partial charge in [0.2, 0.25) is 0 Å². The highest BCUT2D eigenvalue weighted by Gasteiger charge is 2.15. The molecule has 178 valence electrons. The monoisotopic (exact) mass is 485 g/mol. The molecule has 1 heterocycles. The second kappa shape index (κ2) is 9.38. The molecule has 0 unspecified atom stereocenters. The summed E-state index contributed by atoms with van der Waals surface area (Å²) in [5, 5.41) is 4.76. The van der Waals surface area contributed by atoms with E-state index < -0.39 is 0 Å². The molecule has 0 spiro atoms. The average Bonchev–Trinajstić information content (AvgIpc) is 3.01. The Morgan fingerprint density at radius 1 is 0.316 bits per heavy atom. The summed E-state index contributed by atoms with van der Waals surface area (Å²) in [6.07, 6.45) is 0. The molecule has 3 heteroatoms. The molecule has 0 aliphatic carbocycles. The Morgan fingerprint density at radius 2 is 0.842 bits per heavy atom. The van der Waals surface area contributed by atoms with Gasteiger partial charge >= 0.3 is 0 Å². The Morgan fingerprint density at radius 3 is 1.50 bits per heavy atom. The minimum atomic E-state index is 0.664. The van der Waals surface area contributed by atoms with E-state index in [4.69, 9.17) is 15.0 Å². The van der Waals surface area contributed by atoms with E-state index in [1.165, 1.54) is 27.3 Å². The van der Waals surface area contributed by atoms with Crippen molar-refractivity contribution < 1.29 is 0 Å². The quantitative estimate of drug-likeness (QED) is 0.250. The predicted octanol–water partition coefficient (Wildman–Crippen LogP) is 8.85. The maximum atomic E-state index is 4.97. The first-order valence-corrected chi connectivity index (χ1v) is 12.7. The van der Waals surface area contributed by atoms with Crippen molar-refractivity contribution in [2.45, 2.75) is 0 Å². The van der Waals surface area contributed by atoms with Gasteiger partial charge in [0, 0.05) is 16.7 Å². The van der Waals surface area contributed by atoms with Gasteiger partial charge < -0.3 is 0 Å². The topological polar surface area (TPSA) is 38.7 Å². The molecule has 0 radical (unpaired) electrons. The van der Waals surface area contributed by atoms with Gasteiger partial charge in [0.15, 0.2) is 17.5 Å². The van der Waals surface area contributed by atoms with Crippen molar-refractivity contribution in [1.82, 2.24) is 15.0 Å². The fourth-order valence-electron chi connectivity index (χ4n) is 5.04. The van der Waals surface area contributed by atoms with Crippen LogP contribution in [0.1, 0.15) is 0 Å². The van der Waals surface area contributed by atoms with Crippen LogP contribution < -0.4 is 0 Å². The summed E-state index contributed by atoms with van der Waals surface area (Å²) in [7, 11) is 0. The number of hydrogen-bond acceptors (Lipinski definition) is 3. The fraction of sp³-hybridized carbons (Fsp3) is 0. The van der Waals surface area contributed by atoms with Gasteiger partial charge in [0.05, 0.1) is 0 Å². The Labute approximate surface area is 221 Å². The van der Waals surface area contributed by atoms with Crippen molar-refractivity contribution in [3.05, 3.63) is 140 Å². The molecule has 0 aliphatic heterocycles. The summed E-state index contributed by atoms with van der Waals surface area (Å²) in [5.74, 6) is 1.99. The van der Waals surface area contributed by atoms with Gasteiger partial charge in [0.1, 0.15) is 0 Å². The van der Waals surface area contributed by atoms with Gasteiger partial charge in [-0.2, -0.15) is 0 Å². The van der Waals surface area contributed by atoms with Crippen molar-refractivity contribution in [1.29, 1.82) is 0 Å². The van der Waals surface area contributed by atoms with Crippen molar-refractivity contribution in [3.8, 4) is 45.3 Å². The Balaban J connectivity index is 1.44. The molecule has 0 fully saturated rings. The zero-order valence-electron chi connectivity index (χ0n) is 20.6. The Bertz CT molecular complexity index is 1850. The van der Waals surface area contributed by atoms with E-state index in [1.54, 1.807) is 0 Å². The average molecular weight is 486 g/mol. The standard InChI is InChI=1S/C35H23N3/c1-3-12-25(13-4-1)33-36-34(26-14-5-2-6-15-26)38-35(37-33)32-20-10-18-30-29(17-9-19-31(30)32)28-22-21-24-11-7-8-16-27(24)23-28/h1-23H. The molecule has 6 aromatic carbocycles. The third-order valence-electron chi connectivity index (χ3n) is 6.92. The molecular formula is C35H23N3. The van der Waals surface area contributed by atoms with Crippen molar-refractivity contribution >= 4 is 21.5 Å². The highest BCUT2D eigenvalue weighted by molar-refractivity contribution is 6.04. The van der Waals surface area contributed by atoms with Crippen LogP contribution in [0.4, 0.5) is 0 Å². The van der Waals surface area contributed by atoms with Gasteiger partial charge in [-0.05, 0) is 38.7 Å². The summed E-state index contributed by atoms with van der Waals surface area (Å²) < 4.78 is 0. The van der Waals surface area contributed by atoms with Crippen LogP contribution >= 0.6 is 0 Å². The first-order chi connectivity index (χ1) is 18.8. The molecule has 0 saturated carbocycles. The van der Waals surface area contributed by atoms with Gasteiger partial charge in [-0.15, -0.1) is 0 Å². The molecule has 0 atom stereocenters. The maximum Gasteiger partial charge on any atom is 0.164 e. The molecular weight excluding hydrogens is 462 g/mol. The highest BCUT2D eigenvalue weighted by Crippen LogP contribution is 2.35. The van der Waals surface area contributed by atoms with E-state index in [2.05, 4.69) is 78.9 Å². The number of rotatable bonds is 4. The summed E-state index contributed by atoms with van der Waals surface area (Å²) >= 11 is 0. The first-order valence-electron chi connectivity index (χ1n) is 12.7. The van der Waals surface area contributed by atoms with Crippen LogP contribution in [0.2, 0.25) is 0 Å². The van der Waals surface area contributed by atoms with E-state index in [0.29, 0.717) is 17.5 Å². The second-order valence-electron chi connectivity index (χ2n) is 9.31.